The number of amides is 1. The van der Waals surface area contributed by atoms with Crippen molar-refractivity contribution < 1.29 is 4.79 Å². The van der Waals surface area contributed by atoms with Crippen LogP contribution in [0.1, 0.15) is 12.8 Å². The van der Waals surface area contributed by atoms with E-state index in [1.54, 1.807) is 0 Å². The van der Waals surface area contributed by atoms with Crippen LogP contribution < -0.4 is 5.73 Å². The van der Waals surface area contributed by atoms with E-state index in [-0.39, 0.29) is 6.04 Å². The molecule has 0 aromatic carbocycles. The zero-order chi connectivity index (χ0) is 7.14. The van der Waals surface area contributed by atoms with Crippen LogP contribution in [0.5, 0.6) is 0 Å². The topological polar surface area (TPSA) is 46.3 Å². The second-order valence-corrected chi connectivity index (χ2v) is 3.28. The first-order chi connectivity index (χ1) is 4.77. The summed E-state index contributed by atoms with van der Waals surface area (Å²) in [4.78, 5) is 13.1. The monoisotopic (exact) mass is 140 g/mol. The fraction of sp³-hybridized carbons (Fsp3) is 0.857. The average molecular weight is 140 g/mol. The Kier molecular flexibility index (Phi) is 1.20. The van der Waals surface area contributed by atoms with Crippen LogP contribution in [0.4, 0.5) is 0 Å². The summed E-state index contributed by atoms with van der Waals surface area (Å²) >= 11 is 0. The van der Waals surface area contributed by atoms with Crippen LogP contribution in [0.3, 0.4) is 0 Å². The fourth-order valence-corrected chi connectivity index (χ4v) is 1.28. The highest BCUT2D eigenvalue weighted by atomic mass is 16.2. The Balaban J connectivity index is 1.83. The SMILES string of the molecule is NC1CN(C(=O)C2CC2)C1. The smallest absolute Gasteiger partial charge is 0.225 e. The van der Waals surface area contributed by atoms with Gasteiger partial charge in [0.15, 0.2) is 0 Å². The average Bonchev–Trinajstić information content (AvgIpc) is 2.60. The molecule has 0 spiro atoms. The summed E-state index contributed by atoms with van der Waals surface area (Å²) in [6.07, 6.45) is 2.20. The van der Waals surface area contributed by atoms with Crippen molar-refractivity contribution in [3.8, 4) is 0 Å². The summed E-state index contributed by atoms with van der Waals surface area (Å²) < 4.78 is 0. The van der Waals surface area contributed by atoms with Crippen molar-refractivity contribution in [2.75, 3.05) is 13.1 Å². The number of rotatable bonds is 1. The van der Waals surface area contributed by atoms with Gasteiger partial charge < -0.3 is 10.6 Å². The van der Waals surface area contributed by atoms with Gasteiger partial charge in [0.1, 0.15) is 0 Å². The summed E-state index contributed by atoms with van der Waals surface area (Å²) in [6, 6.07) is 0.252. The molecule has 0 aromatic heterocycles. The van der Waals surface area contributed by atoms with E-state index in [0.717, 1.165) is 25.9 Å². The van der Waals surface area contributed by atoms with Gasteiger partial charge in [-0.05, 0) is 12.8 Å². The third kappa shape index (κ3) is 0.904. The van der Waals surface area contributed by atoms with Crippen LogP contribution in [0.2, 0.25) is 0 Å². The largest absolute Gasteiger partial charge is 0.339 e. The van der Waals surface area contributed by atoms with Crippen LogP contribution >= 0.6 is 0 Å². The molecule has 1 saturated carbocycles. The first-order valence-electron chi connectivity index (χ1n) is 3.82. The van der Waals surface area contributed by atoms with Crippen molar-refractivity contribution in [3.63, 3.8) is 0 Å². The highest BCUT2D eigenvalue weighted by molar-refractivity contribution is 5.81. The molecule has 0 aromatic rings. The van der Waals surface area contributed by atoms with Gasteiger partial charge in [-0.15, -0.1) is 0 Å². The third-order valence-electron chi connectivity index (χ3n) is 2.15. The van der Waals surface area contributed by atoms with Crippen LogP contribution in [-0.4, -0.2) is 29.9 Å². The van der Waals surface area contributed by atoms with E-state index < -0.39 is 0 Å². The number of hydrogen-bond donors (Lipinski definition) is 1. The lowest BCUT2D eigenvalue weighted by Crippen LogP contribution is -2.58. The normalized spacial score (nSPS) is 26.3. The molecule has 1 heterocycles. The maximum absolute atomic E-state index is 11.2. The lowest BCUT2D eigenvalue weighted by atomic mass is 10.1. The van der Waals surface area contributed by atoms with E-state index in [0.29, 0.717) is 11.8 Å². The lowest BCUT2D eigenvalue weighted by molar-refractivity contribution is -0.136. The van der Waals surface area contributed by atoms with Gasteiger partial charge in [0.2, 0.25) is 5.91 Å². The van der Waals surface area contributed by atoms with Crippen LogP contribution in [0, 0.1) is 5.92 Å². The number of carbonyl (C=O) groups excluding carboxylic acids is 1. The maximum Gasteiger partial charge on any atom is 0.225 e. The van der Waals surface area contributed by atoms with Gasteiger partial charge in [0.05, 0.1) is 0 Å². The van der Waals surface area contributed by atoms with E-state index >= 15 is 0 Å². The predicted molar refractivity (Wildman–Crippen MR) is 37.3 cm³/mol. The second-order valence-electron chi connectivity index (χ2n) is 3.28. The van der Waals surface area contributed by atoms with Gasteiger partial charge in [-0.3, -0.25) is 4.79 Å². The molecular formula is C7H12N2O. The molecule has 3 nitrogen and oxygen atoms in total. The van der Waals surface area contributed by atoms with Crippen LogP contribution in [0.15, 0.2) is 0 Å². The van der Waals surface area contributed by atoms with Gasteiger partial charge >= 0.3 is 0 Å². The fourth-order valence-electron chi connectivity index (χ4n) is 1.28. The molecule has 1 aliphatic heterocycles. The minimum Gasteiger partial charge on any atom is -0.339 e. The zero-order valence-corrected chi connectivity index (χ0v) is 5.92. The molecule has 0 radical (unpaired) electrons. The summed E-state index contributed by atoms with van der Waals surface area (Å²) in [5.41, 5.74) is 5.53. The number of hydrogen-bond acceptors (Lipinski definition) is 2. The molecule has 1 amide bonds. The van der Waals surface area contributed by atoms with E-state index in [2.05, 4.69) is 0 Å². The Bertz CT molecular complexity index is 159. The molecule has 2 aliphatic rings. The summed E-state index contributed by atoms with van der Waals surface area (Å²) in [7, 11) is 0. The molecule has 1 aliphatic carbocycles. The molecule has 3 heteroatoms. The highest BCUT2D eigenvalue weighted by Gasteiger charge is 2.37. The molecule has 0 unspecified atom stereocenters. The van der Waals surface area contributed by atoms with Crippen molar-refractivity contribution in [1.29, 1.82) is 0 Å². The minimum atomic E-state index is 0.252. The molecule has 2 N–H and O–H groups in total. The Labute approximate surface area is 60.2 Å². The standard InChI is InChI=1S/C7H12N2O/c8-6-3-9(4-6)7(10)5-1-2-5/h5-6H,1-4,8H2. The molecule has 1 saturated heterocycles. The van der Waals surface area contributed by atoms with Crippen molar-refractivity contribution in [3.05, 3.63) is 0 Å². The van der Waals surface area contributed by atoms with Gasteiger partial charge in [-0.2, -0.15) is 0 Å². The van der Waals surface area contributed by atoms with Crippen LogP contribution in [-0.2, 0) is 4.79 Å². The number of carbonyl (C=O) groups is 1. The van der Waals surface area contributed by atoms with E-state index in [1.807, 2.05) is 4.90 Å². The Hall–Kier alpha value is -0.570. The van der Waals surface area contributed by atoms with E-state index in [9.17, 15) is 4.79 Å². The van der Waals surface area contributed by atoms with Crippen molar-refractivity contribution >= 4 is 5.91 Å². The minimum absolute atomic E-state index is 0.252. The van der Waals surface area contributed by atoms with Crippen molar-refractivity contribution in [1.82, 2.24) is 4.90 Å². The molecule has 0 bridgehead atoms. The first-order valence-corrected chi connectivity index (χ1v) is 3.82. The molecule has 2 rings (SSSR count). The quantitative estimate of drug-likeness (QED) is 0.537. The van der Waals surface area contributed by atoms with E-state index in [1.165, 1.54) is 0 Å². The van der Waals surface area contributed by atoms with Crippen LogP contribution in [0.25, 0.3) is 0 Å². The first kappa shape index (κ1) is 6.16. The Morgan fingerprint density at radius 3 is 2.40 bits per heavy atom. The van der Waals surface area contributed by atoms with Gasteiger partial charge in [0, 0.05) is 25.0 Å². The molecule has 10 heavy (non-hydrogen) atoms. The molecule has 0 atom stereocenters. The van der Waals surface area contributed by atoms with Gasteiger partial charge in [-0.25, -0.2) is 0 Å². The third-order valence-corrected chi connectivity index (χ3v) is 2.15. The highest BCUT2D eigenvalue weighted by Crippen LogP contribution is 2.32. The van der Waals surface area contributed by atoms with E-state index in [4.69, 9.17) is 5.73 Å². The molecule has 56 valence electrons. The molecule has 2 fully saturated rings. The Morgan fingerprint density at radius 2 is 2.00 bits per heavy atom. The lowest BCUT2D eigenvalue weighted by Gasteiger charge is -2.36. The van der Waals surface area contributed by atoms with Gasteiger partial charge in [0.25, 0.3) is 0 Å². The Morgan fingerprint density at radius 1 is 1.40 bits per heavy atom. The number of nitrogens with zero attached hydrogens (tertiary/aromatic N) is 1. The maximum atomic E-state index is 11.2. The number of likely N-dealkylation sites (tertiary alicyclic amines) is 1. The van der Waals surface area contributed by atoms with Crippen molar-refractivity contribution in [2.24, 2.45) is 11.7 Å². The predicted octanol–water partition coefficient (Wildman–Crippen LogP) is -0.434. The summed E-state index contributed by atoms with van der Waals surface area (Å²) in [5, 5.41) is 0. The number of nitrogens with two attached hydrogens (primary N) is 1. The van der Waals surface area contributed by atoms with Crippen molar-refractivity contribution in [2.45, 2.75) is 18.9 Å². The second kappa shape index (κ2) is 1.95. The molecular weight excluding hydrogens is 128 g/mol. The zero-order valence-electron chi connectivity index (χ0n) is 5.92. The van der Waals surface area contributed by atoms with Gasteiger partial charge in [-0.1, -0.05) is 0 Å². The summed E-state index contributed by atoms with van der Waals surface area (Å²) in [5.74, 6) is 0.703. The summed E-state index contributed by atoms with van der Waals surface area (Å²) in [6.45, 7) is 1.57.